The van der Waals surface area contributed by atoms with Gasteiger partial charge in [-0.3, -0.25) is 9.69 Å². The van der Waals surface area contributed by atoms with Gasteiger partial charge in [-0.15, -0.1) is 0 Å². The third kappa shape index (κ3) is 2.78. The average molecular weight is 400 g/mol. The molecule has 0 radical (unpaired) electrons. The van der Waals surface area contributed by atoms with Crippen LogP contribution in [0.1, 0.15) is 18.2 Å². The zero-order valence-electron chi connectivity index (χ0n) is 16.6. The maximum atomic E-state index is 13.3. The SMILES string of the molecule is COc1ccc2cc(C3(C)NC(=O)N(Cc4cn5ccccc5n4)C3=O)ccc2c1. The maximum Gasteiger partial charge on any atom is 0.325 e. The van der Waals surface area contributed by atoms with E-state index >= 15 is 0 Å². The van der Waals surface area contributed by atoms with Crippen LogP contribution in [0.25, 0.3) is 16.4 Å². The number of nitrogens with one attached hydrogen (secondary N) is 1. The van der Waals surface area contributed by atoms with Crippen LogP contribution >= 0.6 is 0 Å². The molecule has 0 aliphatic carbocycles. The highest BCUT2D eigenvalue weighted by Crippen LogP contribution is 2.32. The first-order chi connectivity index (χ1) is 14.5. The van der Waals surface area contributed by atoms with Crippen LogP contribution in [0, 0.1) is 0 Å². The highest BCUT2D eigenvalue weighted by Gasteiger charge is 2.49. The molecule has 1 saturated heterocycles. The normalized spacial score (nSPS) is 18.9. The van der Waals surface area contributed by atoms with Crippen LogP contribution < -0.4 is 10.1 Å². The van der Waals surface area contributed by atoms with E-state index in [1.54, 1.807) is 14.0 Å². The molecule has 2 aromatic carbocycles. The summed E-state index contributed by atoms with van der Waals surface area (Å²) in [5.41, 5.74) is 1.02. The molecule has 2 aromatic heterocycles. The second kappa shape index (κ2) is 6.59. The van der Waals surface area contributed by atoms with Gasteiger partial charge in [-0.05, 0) is 53.6 Å². The lowest BCUT2D eigenvalue weighted by atomic mass is 9.90. The fourth-order valence-corrected chi connectivity index (χ4v) is 3.92. The fourth-order valence-electron chi connectivity index (χ4n) is 3.92. The van der Waals surface area contributed by atoms with Crippen LogP contribution in [0.3, 0.4) is 0 Å². The summed E-state index contributed by atoms with van der Waals surface area (Å²) < 4.78 is 7.14. The first-order valence-corrected chi connectivity index (χ1v) is 9.63. The number of nitrogens with zero attached hydrogens (tertiary/aromatic N) is 3. The molecule has 1 atom stereocenters. The number of carbonyl (C=O) groups is 2. The minimum absolute atomic E-state index is 0.118. The molecule has 3 heterocycles. The lowest BCUT2D eigenvalue weighted by Gasteiger charge is -2.22. The molecule has 3 amide bonds. The lowest BCUT2D eigenvalue weighted by Crippen LogP contribution is -2.40. The number of rotatable bonds is 4. The number of methoxy groups -OCH3 is 1. The smallest absolute Gasteiger partial charge is 0.325 e. The van der Waals surface area contributed by atoms with Gasteiger partial charge in [0.25, 0.3) is 5.91 Å². The predicted octanol–water partition coefficient (Wildman–Crippen LogP) is 3.46. The van der Waals surface area contributed by atoms with E-state index in [2.05, 4.69) is 10.3 Å². The van der Waals surface area contributed by atoms with Gasteiger partial charge >= 0.3 is 6.03 Å². The summed E-state index contributed by atoms with van der Waals surface area (Å²) in [6.45, 7) is 1.86. The number of urea groups is 1. The summed E-state index contributed by atoms with van der Waals surface area (Å²) in [5, 5.41) is 4.83. The van der Waals surface area contributed by atoms with Gasteiger partial charge in [0, 0.05) is 12.4 Å². The van der Waals surface area contributed by atoms with E-state index in [1.807, 2.05) is 71.4 Å². The molecule has 4 aromatic rings. The number of pyridine rings is 1. The Kier molecular flexibility index (Phi) is 3.99. The number of imidazole rings is 1. The Morgan fingerprint density at radius 3 is 2.67 bits per heavy atom. The number of imide groups is 1. The fraction of sp³-hybridized carbons (Fsp3) is 0.174. The third-order valence-corrected chi connectivity index (χ3v) is 5.63. The van der Waals surface area contributed by atoms with Gasteiger partial charge < -0.3 is 14.5 Å². The third-order valence-electron chi connectivity index (χ3n) is 5.63. The van der Waals surface area contributed by atoms with Gasteiger partial charge in [-0.2, -0.15) is 0 Å². The van der Waals surface area contributed by atoms with Crippen LogP contribution in [-0.4, -0.2) is 33.3 Å². The molecule has 0 saturated carbocycles. The second-order valence-corrected chi connectivity index (χ2v) is 7.57. The van der Waals surface area contributed by atoms with Crippen molar-refractivity contribution in [1.29, 1.82) is 0 Å². The molecule has 7 heteroatoms. The van der Waals surface area contributed by atoms with Crippen molar-refractivity contribution in [3.8, 4) is 5.75 Å². The molecule has 5 rings (SSSR count). The number of hydrogen-bond acceptors (Lipinski definition) is 4. The molecule has 150 valence electrons. The Hall–Kier alpha value is -3.87. The van der Waals surface area contributed by atoms with Crippen molar-refractivity contribution in [3.63, 3.8) is 0 Å². The van der Waals surface area contributed by atoms with Crippen molar-refractivity contribution >= 4 is 28.4 Å². The first-order valence-electron chi connectivity index (χ1n) is 9.63. The first kappa shape index (κ1) is 18.2. The number of ether oxygens (including phenoxy) is 1. The highest BCUT2D eigenvalue weighted by atomic mass is 16.5. The molecular formula is C23H20N4O3. The number of amides is 3. The van der Waals surface area contributed by atoms with Crippen molar-refractivity contribution in [2.75, 3.05) is 7.11 Å². The van der Waals surface area contributed by atoms with Gasteiger partial charge in [0.05, 0.1) is 19.3 Å². The van der Waals surface area contributed by atoms with Gasteiger partial charge in [-0.1, -0.05) is 24.3 Å². The molecule has 1 unspecified atom stereocenters. The number of benzene rings is 2. The Balaban J connectivity index is 1.46. The van der Waals surface area contributed by atoms with Crippen LogP contribution in [0.4, 0.5) is 4.79 Å². The Bertz CT molecular complexity index is 1280. The number of hydrogen-bond donors (Lipinski definition) is 1. The topological polar surface area (TPSA) is 75.9 Å². The standard InChI is InChI=1S/C23H20N4O3/c1-23(17-8-6-16-12-19(30-2)9-7-15(16)11-17)21(28)27(22(29)25-23)14-18-13-26-10-4-3-5-20(26)24-18/h3-13H,14H2,1-2H3,(H,25,29). The molecule has 30 heavy (non-hydrogen) atoms. The van der Waals surface area contributed by atoms with Crippen molar-refractivity contribution in [1.82, 2.24) is 19.6 Å². The van der Waals surface area contributed by atoms with E-state index < -0.39 is 11.6 Å². The molecule has 1 N–H and O–H groups in total. The van der Waals surface area contributed by atoms with Crippen LogP contribution in [-0.2, 0) is 16.9 Å². The van der Waals surface area contributed by atoms with Crippen molar-refractivity contribution < 1.29 is 14.3 Å². The Morgan fingerprint density at radius 2 is 1.87 bits per heavy atom. The van der Waals surface area contributed by atoms with E-state index in [9.17, 15) is 9.59 Å². The molecule has 1 aliphatic rings. The molecular weight excluding hydrogens is 380 g/mol. The van der Waals surface area contributed by atoms with Gasteiger partial charge in [0.2, 0.25) is 0 Å². The molecule has 7 nitrogen and oxygen atoms in total. The largest absolute Gasteiger partial charge is 0.497 e. The highest BCUT2D eigenvalue weighted by molar-refractivity contribution is 6.07. The van der Waals surface area contributed by atoms with E-state index in [0.29, 0.717) is 5.69 Å². The zero-order valence-corrected chi connectivity index (χ0v) is 16.6. The summed E-state index contributed by atoms with van der Waals surface area (Å²) in [7, 11) is 1.63. The quantitative estimate of drug-likeness (QED) is 0.532. The molecule has 1 aliphatic heterocycles. The van der Waals surface area contributed by atoms with E-state index in [4.69, 9.17) is 4.74 Å². The summed E-state index contributed by atoms with van der Waals surface area (Å²) >= 11 is 0. The Labute approximate surface area is 172 Å². The second-order valence-electron chi connectivity index (χ2n) is 7.57. The van der Waals surface area contributed by atoms with E-state index in [1.165, 1.54) is 4.90 Å². The molecule has 1 fully saturated rings. The summed E-state index contributed by atoms with van der Waals surface area (Å²) in [5.74, 6) is 0.475. The zero-order chi connectivity index (χ0) is 20.9. The minimum Gasteiger partial charge on any atom is -0.497 e. The van der Waals surface area contributed by atoms with Crippen LogP contribution in [0.15, 0.2) is 67.0 Å². The van der Waals surface area contributed by atoms with Crippen molar-refractivity contribution in [3.05, 3.63) is 78.2 Å². The summed E-state index contributed by atoms with van der Waals surface area (Å²) in [4.78, 5) is 31.7. The minimum atomic E-state index is -1.13. The number of fused-ring (bicyclic) bond motifs is 2. The van der Waals surface area contributed by atoms with Gasteiger partial charge in [0.1, 0.15) is 16.9 Å². The number of aromatic nitrogens is 2. The molecule has 0 spiro atoms. The van der Waals surface area contributed by atoms with Crippen LogP contribution in [0.2, 0.25) is 0 Å². The molecule has 0 bridgehead atoms. The summed E-state index contributed by atoms with van der Waals surface area (Å²) in [6.07, 6.45) is 3.71. The monoisotopic (exact) mass is 400 g/mol. The van der Waals surface area contributed by atoms with Gasteiger partial charge in [-0.25, -0.2) is 9.78 Å². The average Bonchev–Trinajstić information content (AvgIpc) is 3.27. The summed E-state index contributed by atoms with van der Waals surface area (Å²) in [6, 6.07) is 16.7. The Morgan fingerprint density at radius 1 is 1.07 bits per heavy atom. The maximum absolute atomic E-state index is 13.3. The van der Waals surface area contributed by atoms with Gasteiger partial charge in [0.15, 0.2) is 0 Å². The lowest BCUT2D eigenvalue weighted by molar-refractivity contribution is -0.131. The van der Waals surface area contributed by atoms with Crippen molar-refractivity contribution in [2.45, 2.75) is 19.0 Å². The van der Waals surface area contributed by atoms with Crippen LogP contribution in [0.5, 0.6) is 5.75 Å². The van der Waals surface area contributed by atoms with E-state index in [-0.39, 0.29) is 12.5 Å². The predicted molar refractivity (Wildman–Crippen MR) is 112 cm³/mol. The number of carbonyl (C=O) groups excluding carboxylic acids is 2. The van der Waals surface area contributed by atoms with E-state index in [0.717, 1.165) is 27.7 Å². The van der Waals surface area contributed by atoms with Crippen molar-refractivity contribution in [2.24, 2.45) is 0 Å².